The van der Waals surface area contributed by atoms with Crippen LogP contribution in [-0.2, 0) is 27.3 Å². The van der Waals surface area contributed by atoms with Crippen molar-refractivity contribution < 1.29 is 14.3 Å². The van der Waals surface area contributed by atoms with Crippen molar-refractivity contribution in [2.75, 3.05) is 33.3 Å². The number of aryl methyl sites for hydroxylation is 1. The van der Waals surface area contributed by atoms with E-state index in [0.717, 1.165) is 79.5 Å². The molecule has 8 heteroatoms. The number of nitrogens with one attached hydrogen (secondary N) is 2. The van der Waals surface area contributed by atoms with Gasteiger partial charge in [-0.05, 0) is 81.7 Å². The highest BCUT2D eigenvalue weighted by Gasteiger charge is 2.38. The predicted octanol–water partition coefficient (Wildman–Crippen LogP) is 3.14. The molecule has 0 radical (unpaired) electrons. The minimum atomic E-state index is -0.234. The zero-order valence-electron chi connectivity index (χ0n) is 20.2. The van der Waals surface area contributed by atoms with Crippen LogP contribution in [0.1, 0.15) is 54.8 Å². The molecule has 5 rings (SSSR count). The fourth-order valence-corrected chi connectivity index (χ4v) is 6.02. The molecule has 0 spiro atoms. The van der Waals surface area contributed by atoms with E-state index >= 15 is 0 Å². The molecular weight excluding hydrogens is 452 g/mol. The summed E-state index contributed by atoms with van der Waals surface area (Å²) in [5.41, 5.74) is 4.51. The van der Waals surface area contributed by atoms with Crippen molar-refractivity contribution in [3.8, 4) is 0 Å². The number of rotatable bonds is 11. The zero-order valence-corrected chi connectivity index (χ0v) is 20.9. The lowest BCUT2D eigenvalue weighted by Gasteiger charge is -2.41. The molecule has 2 N–H and O–H groups in total. The molecule has 3 aliphatic rings. The zero-order chi connectivity index (χ0) is 23.9. The first kappa shape index (κ1) is 23.6. The molecular formula is C26H35ClN4O3. The van der Waals surface area contributed by atoms with E-state index in [9.17, 15) is 9.59 Å². The van der Waals surface area contributed by atoms with E-state index in [-0.39, 0.29) is 17.6 Å². The van der Waals surface area contributed by atoms with Gasteiger partial charge in [-0.2, -0.15) is 0 Å². The number of likely N-dealkylation sites (tertiary alicyclic amines) is 1. The van der Waals surface area contributed by atoms with E-state index in [1.165, 1.54) is 11.3 Å². The molecule has 3 fully saturated rings. The summed E-state index contributed by atoms with van der Waals surface area (Å²) in [5.74, 6) is 0.556. The molecule has 2 amide bonds. The van der Waals surface area contributed by atoms with Crippen molar-refractivity contribution in [2.24, 2.45) is 0 Å². The van der Waals surface area contributed by atoms with Crippen LogP contribution in [0.15, 0.2) is 12.1 Å². The van der Waals surface area contributed by atoms with Crippen LogP contribution in [-0.4, -0.2) is 66.7 Å². The number of halogens is 1. The van der Waals surface area contributed by atoms with Gasteiger partial charge in [0.1, 0.15) is 6.54 Å². The van der Waals surface area contributed by atoms with Crippen LogP contribution in [0.5, 0.6) is 0 Å². The van der Waals surface area contributed by atoms with Crippen LogP contribution in [0.2, 0.25) is 5.02 Å². The second kappa shape index (κ2) is 9.51. The minimum Gasteiger partial charge on any atom is -0.373 e. The highest BCUT2D eigenvalue weighted by atomic mass is 35.5. The van der Waals surface area contributed by atoms with Crippen LogP contribution in [0, 0.1) is 6.92 Å². The fraction of sp³-hybridized carbons (Fsp3) is 0.615. The van der Waals surface area contributed by atoms with Gasteiger partial charge >= 0.3 is 0 Å². The van der Waals surface area contributed by atoms with Crippen LogP contribution in [0.3, 0.4) is 0 Å². The largest absolute Gasteiger partial charge is 0.373 e. The number of carbonyl (C=O) groups is 2. The predicted molar refractivity (Wildman–Crippen MR) is 133 cm³/mol. The molecule has 1 saturated heterocycles. The fourth-order valence-electron chi connectivity index (χ4n) is 5.74. The van der Waals surface area contributed by atoms with Gasteiger partial charge in [0.25, 0.3) is 0 Å². The summed E-state index contributed by atoms with van der Waals surface area (Å²) in [7, 11) is 2.07. The number of amides is 2. The van der Waals surface area contributed by atoms with E-state index in [4.69, 9.17) is 16.3 Å². The van der Waals surface area contributed by atoms with E-state index in [0.29, 0.717) is 25.6 Å². The molecule has 1 aromatic heterocycles. The van der Waals surface area contributed by atoms with Gasteiger partial charge in [0, 0.05) is 35.7 Å². The molecule has 2 aromatic rings. The Morgan fingerprint density at radius 3 is 2.68 bits per heavy atom. The summed E-state index contributed by atoms with van der Waals surface area (Å²) >= 11 is 6.50. The summed E-state index contributed by atoms with van der Waals surface area (Å²) in [6.07, 6.45) is 6.91. The third-order valence-corrected chi connectivity index (χ3v) is 7.91. The first-order valence-corrected chi connectivity index (χ1v) is 12.9. The average molecular weight is 487 g/mol. The molecule has 2 saturated carbocycles. The van der Waals surface area contributed by atoms with Crippen LogP contribution >= 0.6 is 11.6 Å². The Morgan fingerprint density at radius 1 is 1.29 bits per heavy atom. The van der Waals surface area contributed by atoms with E-state index in [1.54, 1.807) is 0 Å². The summed E-state index contributed by atoms with van der Waals surface area (Å²) in [5, 5.41) is 7.86. The normalized spacial score (nSPS) is 20.1. The Balaban J connectivity index is 1.42. The second-order valence-electron chi connectivity index (χ2n) is 10.5. The number of aromatic nitrogens is 1. The Hall–Kier alpha value is -2.09. The van der Waals surface area contributed by atoms with Gasteiger partial charge in [-0.1, -0.05) is 11.6 Å². The highest BCUT2D eigenvalue weighted by Crippen LogP contribution is 2.46. The molecule has 1 aromatic carbocycles. The third-order valence-electron chi connectivity index (χ3n) is 7.69. The molecule has 7 nitrogen and oxygen atoms in total. The first-order chi connectivity index (χ1) is 16.4. The van der Waals surface area contributed by atoms with Crippen molar-refractivity contribution in [3.63, 3.8) is 0 Å². The van der Waals surface area contributed by atoms with Gasteiger partial charge in [0.05, 0.1) is 23.8 Å². The first-order valence-electron chi connectivity index (χ1n) is 12.5. The van der Waals surface area contributed by atoms with Gasteiger partial charge in [-0.15, -0.1) is 0 Å². The Kier molecular flexibility index (Phi) is 6.62. The maximum absolute atomic E-state index is 13.0. The lowest BCUT2D eigenvalue weighted by atomic mass is 9.80. The molecule has 184 valence electrons. The van der Waals surface area contributed by atoms with Crippen molar-refractivity contribution in [2.45, 2.75) is 69.6 Å². The van der Waals surface area contributed by atoms with Crippen molar-refractivity contribution in [1.29, 1.82) is 0 Å². The van der Waals surface area contributed by atoms with Crippen LogP contribution in [0.25, 0.3) is 10.9 Å². The SMILES string of the molecule is Cc1cc(Cl)cc2c(CCOC3(CNC=O)CCC3)c(C3CC3)n(CC(=O)NC3CN(C)C3)c12. The summed E-state index contributed by atoms with van der Waals surface area (Å²) < 4.78 is 8.61. The maximum atomic E-state index is 13.0. The second-order valence-corrected chi connectivity index (χ2v) is 10.9. The average Bonchev–Trinajstić information content (AvgIpc) is 3.52. The van der Waals surface area contributed by atoms with Crippen molar-refractivity contribution >= 4 is 34.8 Å². The lowest BCUT2D eigenvalue weighted by molar-refractivity contribution is -0.123. The third kappa shape index (κ3) is 4.70. The van der Waals surface area contributed by atoms with E-state index in [1.807, 2.05) is 12.1 Å². The lowest BCUT2D eigenvalue weighted by Crippen LogP contribution is -2.57. The Labute approximate surface area is 206 Å². The molecule has 0 bridgehead atoms. The summed E-state index contributed by atoms with van der Waals surface area (Å²) in [4.78, 5) is 26.0. The number of fused-ring (bicyclic) bond motifs is 1. The maximum Gasteiger partial charge on any atom is 0.240 e. The minimum absolute atomic E-state index is 0.0717. The standard InChI is InChI=1S/C26H35ClN4O3/c1-17-10-19(27)11-22-21(6-9-34-26(7-3-8-26)15-28-16-32)25(18-4-5-18)31(24(17)22)14-23(33)29-20-12-30(2)13-20/h10-11,16,18,20H,3-9,12-15H2,1-2H3,(H,28,32)(H,29,33). The Morgan fingerprint density at radius 2 is 2.06 bits per heavy atom. The number of nitrogens with zero attached hydrogens (tertiary/aromatic N) is 2. The number of carbonyl (C=O) groups excluding carboxylic acids is 2. The van der Waals surface area contributed by atoms with Gasteiger partial charge in [-0.25, -0.2) is 0 Å². The topological polar surface area (TPSA) is 75.6 Å². The van der Waals surface area contributed by atoms with Crippen LogP contribution < -0.4 is 10.6 Å². The molecule has 2 heterocycles. The summed E-state index contributed by atoms with van der Waals surface area (Å²) in [6.45, 7) is 5.38. The van der Waals surface area contributed by atoms with Gasteiger partial charge in [0.15, 0.2) is 0 Å². The van der Waals surface area contributed by atoms with E-state index in [2.05, 4.69) is 34.1 Å². The number of hydrogen-bond donors (Lipinski definition) is 2. The smallest absolute Gasteiger partial charge is 0.240 e. The van der Waals surface area contributed by atoms with Crippen LogP contribution in [0.4, 0.5) is 0 Å². The summed E-state index contributed by atoms with van der Waals surface area (Å²) in [6, 6.07) is 4.28. The van der Waals surface area contributed by atoms with Gasteiger partial charge in [-0.3, -0.25) is 9.59 Å². The molecule has 0 atom stereocenters. The molecule has 2 aliphatic carbocycles. The number of benzene rings is 1. The van der Waals surface area contributed by atoms with Crippen molar-refractivity contribution in [1.82, 2.24) is 20.1 Å². The van der Waals surface area contributed by atoms with Gasteiger partial charge < -0.3 is 24.8 Å². The van der Waals surface area contributed by atoms with E-state index < -0.39 is 0 Å². The van der Waals surface area contributed by atoms with Gasteiger partial charge in [0.2, 0.25) is 12.3 Å². The molecule has 34 heavy (non-hydrogen) atoms. The molecule has 0 unspecified atom stereocenters. The molecule has 1 aliphatic heterocycles. The quantitative estimate of drug-likeness (QED) is 0.478. The highest BCUT2D eigenvalue weighted by molar-refractivity contribution is 6.31. The number of ether oxygens (including phenoxy) is 1. The number of likely N-dealkylation sites (N-methyl/N-ethyl adjacent to an activating group) is 1. The number of hydrogen-bond acceptors (Lipinski definition) is 4. The van der Waals surface area contributed by atoms with Crippen molar-refractivity contribution in [3.05, 3.63) is 34.0 Å². The monoisotopic (exact) mass is 486 g/mol. The Bertz CT molecular complexity index is 1080.